The van der Waals surface area contributed by atoms with Crippen molar-refractivity contribution in [1.82, 2.24) is 9.97 Å². The lowest BCUT2D eigenvalue weighted by Gasteiger charge is -2.04. The third-order valence-electron chi connectivity index (χ3n) is 4.44. The van der Waals surface area contributed by atoms with Gasteiger partial charge in [-0.15, -0.1) is 0 Å². The Labute approximate surface area is 150 Å². The fourth-order valence-corrected chi connectivity index (χ4v) is 2.73. The summed E-state index contributed by atoms with van der Waals surface area (Å²) in [6.07, 6.45) is 6.23. The van der Waals surface area contributed by atoms with E-state index >= 15 is 0 Å². The van der Waals surface area contributed by atoms with Crippen molar-refractivity contribution < 1.29 is 0 Å². The highest BCUT2D eigenvalue weighted by atomic mass is 14.9. The van der Waals surface area contributed by atoms with Gasteiger partial charge in [0, 0.05) is 5.92 Å². The first-order valence-corrected chi connectivity index (χ1v) is 8.96. The van der Waals surface area contributed by atoms with Crippen LogP contribution >= 0.6 is 0 Å². The molecule has 3 aromatic rings. The van der Waals surface area contributed by atoms with E-state index in [-0.39, 0.29) is 0 Å². The van der Waals surface area contributed by atoms with E-state index in [1.54, 1.807) is 0 Å². The van der Waals surface area contributed by atoms with Gasteiger partial charge in [-0.3, -0.25) is 0 Å². The lowest BCUT2D eigenvalue weighted by Crippen LogP contribution is -1.89. The number of aromatic amines is 1. The second kappa shape index (κ2) is 7.52. The van der Waals surface area contributed by atoms with E-state index in [0.29, 0.717) is 11.8 Å². The van der Waals surface area contributed by atoms with Gasteiger partial charge in [-0.2, -0.15) is 0 Å². The number of hydrogen-bond donors (Lipinski definition) is 1. The molecule has 0 fully saturated rings. The monoisotopic (exact) mass is 330 g/mol. The molecule has 3 rings (SSSR count). The van der Waals surface area contributed by atoms with Gasteiger partial charge in [0.05, 0.1) is 11.9 Å². The van der Waals surface area contributed by atoms with Gasteiger partial charge >= 0.3 is 0 Å². The summed E-state index contributed by atoms with van der Waals surface area (Å²) in [5, 5.41) is 0. The van der Waals surface area contributed by atoms with Crippen LogP contribution in [-0.2, 0) is 0 Å². The van der Waals surface area contributed by atoms with Gasteiger partial charge in [0.2, 0.25) is 0 Å². The van der Waals surface area contributed by atoms with E-state index in [4.69, 9.17) is 0 Å². The summed E-state index contributed by atoms with van der Waals surface area (Å²) in [5.74, 6) is 2.02. The zero-order valence-corrected chi connectivity index (χ0v) is 15.5. The molecule has 0 amide bonds. The van der Waals surface area contributed by atoms with Crippen LogP contribution in [0.15, 0.2) is 54.7 Å². The Kier molecular flexibility index (Phi) is 5.18. The zero-order valence-electron chi connectivity index (χ0n) is 15.5. The van der Waals surface area contributed by atoms with E-state index in [2.05, 4.69) is 98.3 Å². The smallest absolute Gasteiger partial charge is 0.109 e. The first-order chi connectivity index (χ1) is 12.0. The maximum Gasteiger partial charge on any atom is 0.109 e. The van der Waals surface area contributed by atoms with E-state index in [1.807, 2.05) is 6.20 Å². The molecule has 1 N–H and O–H groups in total. The van der Waals surface area contributed by atoms with Gasteiger partial charge in [-0.25, -0.2) is 4.98 Å². The summed E-state index contributed by atoms with van der Waals surface area (Å²) in [7, 11) is 0. The van der Waals surface area contributed by atoms with Gasteiger partial charge in [0.25, 0.3) is 0 Å². The van der Waals surface area contributed by atoms with Crippen molar-refractivity contribution in [2.24, 2.45) is 0 Å². The van der Waals surface area contributed by atoms with Gasteiger partial charge in [-0.1, -0.05) is 88.4 Å². The summed E-state index contributed by atoms with van der Waals surface area (Å²) in [6, 6.07) is 17.3. The number of hydrogen-bond acceptors (Lipinski definition) is 1. The summed E-state index contributed by atoms with van der Waals surface area (Å²) >= 11 is 0. The molecule has 128 valence electrons. The lowest BCUT2D eigenvalue weighted by atomic mass is 10.0. The average Bonchev–Trinajstić information content (AvgIpc) is 3.11. The fraction of sp³-hybridized carbons (Fsp3) is 0.261. The molecule has 2 aromatic carbocycles. The highest BCUT2D eigenvalue weighted by Crippen LogP contribution is 2.21. The van der Waals surface area contributed by atoms with Crippen LogP contribution in [0.3, 0.4) is 0 Å². The highest BCUT2D eigenvalue weighted by Gasteiger charge is 2.06. The fourth-order valence-electron chi connectivity index (χ4n) is 2.73. The van der Waals surface area contributed by atoms with Crippen LogP contribution < -0.4 is 0 Å². The van der Waals surface area contributed by atoms with Crippen LogP contribution in [0, 0.1) is 0 Å². The SMILES string of the molecule is CC(C)c1ccc(/C=C/c2ccc(-c3cnc(C(C)C)[nH]3)cc2)cc1. The molecule has 0 saturated carbocycles. The first kappa shape index (κ1) is 17.2. The molecule has 0 atom stereocenters. The predicted octanol–water partition coefficient (Wildman–Crippen LogP) is 6.49. The van der Waals surface area contributed by atoms with Gasteiger partial charge in [0.15, 0.2) is 0 Å². The molecule has 2 nitrogen and oxygen atoms in total. The maximum atomic E-state index is 4.44. The minimum absolute atomic E-state index is 0.415. The Morgan fingerprint density at radius 3 is 1.80 bits per heavy atom. The van der Waals surface area contributed by atoms with Crippen LogP contribution in [0.2, 0.25) is 0 Å². The molecule has 1 aromatic heterocycles. The number of benzene rings is 2. The first-order valence-electron chi connectivity index (χ1n) is 8.96. The number of nitrogens with zero attached hydrogens (tertiary/aromatic N) is 1. The van der Waals surface area contributed by atoms with Crippen molar-refractivity contribution in [3.8, 4) is 11.3 Å². The average molecular weight is 330 g/mol. The van der Waals surface area contributed by atoms with Crippen LogP contribution in [0.5, 0.6) is 0 Å². The molecule has 0 unspecified atom stereocenters. The molecule has 25 heavy (non-hydrogen) atoms. The second-order valence-electron chi connectivity index (χ2n) is 7.11. The lowest BCUT2D eigenvalue weighted by molar-refractivity contribution is 0.795. The number of imidazole rings is 1. The van der Waals surface area contributed by atoms with Crippen molar-refractivity contribution in [1.29, 1.82) is 0 Å². The Hall–Kier alpha value is -2.61. The van der Waals surface area contributed by atoms with E-state index in [0.717, 1.165) is 17.1 Å². The molecule has 0 aliphatic carbocycles. The number of aromatic nitrogens is 2. The molecule has 0 bridgehead atoms. The van der Waals surface area contributed by atoms with Crippen LogP contribution in [0.1, 0.15) is 62.0 Å². The third kappa shape index (κ3) is 4.27. The standard InChI is InChI=1S/C23H26N2/c1-16(2)20-11-7-18(8-12-20)5-6-19-9-13-21(14-10-19)22-15-24-23(25-22)17(3)4/h5-17H,1-4H3,(H,24,25)/b6-5+. The third-order valence-corrected chi connectivity index (χ3v) is 4.44. The largest absolute Gasteiger partial charge is 0.342 e. The van der Waals surface area contributed by atoms with Gasteiger partial charge < -0.3 is 4.98 Å². The Morgan fingerprint density at radius 1 is 0.760 bits per heavy atom. The van der Waals surface area contributed by atoms with Gasteiger partial charge in [-0.05, 0) is 28.2 Å². The van der Waals surface area contributed by atoms with Crippen molar-refractivity contribution in [2.75, 3.05) is 0 Å². The van der Waals surface area contributed by atoms with Gasteiger partial charge in [0.1, 0.15) is 5.82 Å². The molecular weight excluding hydrogens is 304 g/mol. The number of nitrogens with one attached hydrogen (secondary N) is 1. The van der Waals surface area contributed by atoms with E-state index in [1.165, 1.54) is 16.7 Å². The minimum Gasteiger partial charge on any atom is -0.342 e. The molecule has 0 aliphatic rings. The number of H-pyrrole nitrogens is 1. The minimum atomic E-state index is 0.415. The second-order valence-corrected chi connectivity index (χ2v) is 7.11. The summed E-state index contributed by atoms with van der Waals surface area (Å²) in [5.41, 5.74) is 6.03. The van der Waals surface area contributed by atoms with E-state index in [9.17, 15) is 0 Å². The highest BCUT2D eigenvalue weighted by molar-refractivity contribution is 5.71. The Bertz CT molecular complexity index is 835. The normalized spacial score (nSPS) is 11.8. The summed E-state index contributed by atoms with van der Waals surface area (Å²) in [4.78, 5) is 7.83. The predicted molar refractivity (Wildman–Crippen MR) is 108 cm³/mol. The molecule has 0 radical (unpaired) electrons. The molecular formula is C23H26N2. The topological polar surface area (TPSA) is 28.7 Å². The molecule has 0 spiro atoms. The van der Waals surface area contributed by atoms with Crippen molar-refractivity contribution >= 4 is 12.2 Å². The molecule has 1 heterocycles. The Balaban J connectivity index is 1.71. The Morgan fingerprint density at radius 2 is 1.32 bits per heavy atom. The summed E-state index contributed by atoms with van der Waals surface area (Å²) < 4.78 is 0. The molecule has 2 heteroatoms. The van der Waals surface area contributed by atoms with Crippen LogP contribution in [-0.4, -0.2) is 9.97 Å². The van der Waals surface area contributed by atoms with Crippen molar-refractivity contribution in [2.45, 2.75) is 39.5 Å². The molecule has 0 aliphatic heterocycles. The molecule has 0 saturated heterocycles. The zero-order chi connectivity index (χ0) is 17.8. The van der Waals surface area contributed by atoms with Crippen LogP contribution in [0.25, 0.3) is 23.4 Å². The summed E-state index contributed by atoms with van der Waals surface area (Å²) in [6.45, 7) is 8.72. The quantitative estimate of drug-likeness (QED) is 0.532. The van der Waals surface area contributed by atoms with E-state index < -0.39 is 0 Å². The van der Waals surface area contributed by atoms with Crippen LogP contribution in [0.4, 0.5) is 0 Å². The van der Waals surface area contributed by atoms with Crippen molar-refractivity contribution in [3.05, 3.63) is 77.2 Å². The number of rotatable bonds is 5. The maximum absolute atomic E-state index is 4.44. The van der Waals surface area contributed by atoms with Crippen molar-refractivity contribution in [3.63, 3.8) is 0 Å².